The van der Waals surface area contributed by atoms with Gasteiger partial charge in [0.25, 0.3) is 0 Å². The van der Waals surface area contributed by atoms with Gasteiger partial charge in [-0.2, -0.15) is 0 Å². The molecule has 0 saturated heterocycles. The van der Waals surface area contributed by atoms with Crippen molar-refractivity contribution in [3.05, 3.63) is 65.0 Å². The van der Waals surface area contributed by atoms with Gasteiger partial charge in [0.05, 0.1) is 37.5 Å². The van der Waals surface area contributed by atoms with Crippen LogP contribution < -0.4 is 4.90 Å². The molecule has 0 spiro atoms. The second kappa shape index (κ2) is 6.21. The number of hydrogen-bond donors (Lipinski definition) is 0. The lowest BCUT2D eigenvalue weighted by Crippen LogP contribution is -2.33. The summed E-state index contributed by atoms with van der Waals surface area (Å²) in [5.41, 5.74) is 7.07. The van der Waals surface area contributed by atoms with Crippen LogP contribution in [0.1, 0.15) is 28.2 Å². The van der Waals surface area contributed by atoms with E-state index >= 15 is 0 Å². The molecule has 6 heteroatoms. The fourth-order valence-electron chi connectivity index (χ4n) is 3.68. The van der Waals surface area contributed by atoms with Crippen molar-refractivity contribution >= 4 is 5.95 Å². The summed E-state index contributed by atoms with van der Waals surface area (Å²) < 4.78 is 7.68. The molecule has 132 valence electrons. The van der Waals surface area contributed by atoms with Crippen LogP contribution in [0.3, 0.4) is 0 Å². The average Bonchev–Trinajstić information content (AvgIpc) is 3.11. The second-order valence-corrected chi connectivity index (χ2v) is 6.96. The molecule has 0 fully saturated rings. The molecule has 26 heavy (non-hydrogen) atoms. The smallest absolute Gasteiger partial charge is 0.225 e. The first-order chi connectivity index (χ1) is 12.8. The lowest BCUT2D eigenvalue weighted by atomic mass is 10.1. The summed E-state index contributed by atoms with van der Waals surface area (Å²) >= 11 is 0. The van der Waals surface area contributed by atoms with E-state index in [9.17, 15) is 0 Å². The molecule has 0 N–H and O–H groups in total. The highest BCUT2D eigenvalue weighted by atomic mass is 16.5. The van der Waals surface area contributed by atoms with Crippen molar-refractivity contribution in [3.63, 3.8) is 0 Å². The van der Waals surface area contributed by atoms with Gasteiger partial charge in [-0.15, -0.1) is 0 Å². The highest BCUT2D eigenvalue weighted by molar-refractivity contribution is 5.42. The molecule has 0 aliphatic carbocycles. The molecule has 3 aromatic rings. The number of benzene rings is 1. The monoisotopic (exact) mass is 347 g/mol. The molecule has 0 radical (unpaired) electrons. The van der Waals surface area contributed by atoms with Crippen LogP contribution in [0.2, 0.25) is 0 Å². The molecule has 0 atom stereocenters. The Morgan fingerprint density at radius 1 is 1.04 bits per heavy atom. The summed E-state index contributed by atoms with van der Waals surface area (Å²) in [7, 11) is 0. The van der Waals surface area contributed by atoms with Crippen molar-refractivity contribution in [2.45, 2.75) is 32.9 Å². The van der Waals surface area contributed by atoms with E-state index in [0.29, 0.717) is 6.61 Å². The predicted molar refractivity (Wildman–Crippen MR) is 98.4 cm³/mol. The van der Waals surface area contributed by atoms with Gasteiger partial charge in [-0.3, -0.25) is 0 Å². The number of fused-ring (bicyclic) bond motifs is 2. The minimum absolute atomic E-state index is 0.626. The van der Waals surface area contributed by atoms with Crippen LogP contribution >= 0.6 is 0 Å². The van der Waals surface area contributed by atoms with Gasteiger partial charge in [0.2, 0.25) is 5.95 Å². The van der Waals surface area contributed by atoms with Crippen LogP contribution in [-0.4, -0.2) is 32.7 Å². The number of ether oxygens (including phenoxy) is 1. The first-order valence-corrected chi connectivity index (χ1v) is 9.07. The molecule has 0 amide bonds. The Balaban J connectivity index is 1.42. The highest BCUT2D eigenvalue weighted by Crippen LogP contribution is 2.25. The largest absolute Gasteiger partial charge is 0.376 e. The topological polar surface area (TPSA) is 56.1 Å². The fraction of sp³-hybridized carbons (Fsp3) is 0.350. The number of hydrogen-bond acceptors (Lipinski definition) is 5. The van der Waals surface area contributed by atoms with E-state index in [4.69, 9.17) is 9.72 Å². The molecule has 6 nitrogen and oxygen atoms in total. The summed E-state index contributed by atoms with van der Waals surface area (Å²) in [4.78, 5) is 16.2. The zero-order chi connectivity index (χ0) is 17.5. The third-order valence-corrected chi connectivity index (χ3v) is 5.19. The van der Waals surface area contributed by atoms with E-state index in [1.54, 1.807) is 0 Å². The first-order valence-electron chi connectivity index (χ1n) is 9.07. The first kappa shape index (κ1) is 15.5. The van der Waals surface area contributed by atoms with E-state index in [2.05, 4.69) is 50.6 Å². The maximum atomic E-state index is 5.47. The van der Waals surface area contributed by atoms with Crippen LogP contribution in [0, 0.1) is 6.92 Å². The van der Waals surface area contributed by atoms with Crippen molar-refractivity contribution in [1.82, 2.24) is 19.5 Å². The number of imidazole rings is 1. The van der Waals surface area contributed by atoms with E-state index in [1.807, 2.05) is 12.5 Å². The standard InChI is InChI=1S/C20H21N5O/c1-14-2-4-16(5-3-14)25-13-22-18-11-24(8-6-19(18)25)20-21-10-15-12-26-9-7-17(15)23-20/h2-5,10,13H,6-9,11-12H2,1H3. The highest BCUT2D eigenvalue weighted by Gasteiger charge is 2.24. The third-order valence-electron chi connectivity index (χ3n) is 5.19. The second-order valence-electron chi connectivity index (χ2n) is 6.96. The van der Waals surface area contributed by atoms with Gasteiger partial charge in [0.1, 0.15) is 0 Å². The minimum atomic E-state index is 0.626. The third kappa shape index (κ3) is 2.66. The minimum Gasteiger partial charge on any atom is -0.376 e. The summed E-state index contributed by atoms with van der Waals surface area (Å²) in [6.45, 7) is 5.13. The molecule has 0 unspecified atom stereocenters. The quantitative estimate of drug-likeness (QED) is 0.713. The van der Waals surface area contributed by atoms with E-state index in [-0.39, 0.29) is 0 Å². The van der Waals surface area contributed by atoms with E-state index < -0.39 is 0 Å². The summed E-state index contributed by atoms with van der Waals surface area (Å²) in [5.74, 6) is 0.807. The number of aromatic nitrogens is 4. The van der Waals surface area contributed by atoms with Crippen LogP contribution in [0.15, 0.2) is 36.8 Å². The van der Waals surface area contributed by atoms with Gasteiger partial charge in [-0.1, -0.05) is 17.7 Å². The fourth-order valence-corrected chi connectivity index (χ4v) is 3.68. The summed E-state index contributed by atoms with van der Waals surface area (Å²) in [5, 5.41) is 0. The van der Waals surface area contributed by atoms with Crippen LogP contribution in [-0.2, 0) is 30.7 Å². The van der Waals surface area contributed by atoms with Crippen molar-refractivity contribution < 1.29 is 4.74 Å². The molecule has 2 aliphatic rings. The van der Waals surface area contributed by atoms with Crippen LogP contribution in [0.4, 0.5) is 5.95 Å². The number of anilines is 1. The molecule has 0 saturated carbocycles. The van der Waals surface area contributed by atoms with Crippen LogP contribution in [0.5, 0.6) is 0 Å². The number of nitrogens with zero attached hydrogens (tertiary/aromatic N) is 5. The zero-order valence-corrected chi connectivity index (χ0v) is 14.9. The Morgan fingerprint density at radius 3 is 2.81 bits per heavy atom. The molecule has 4 heterocycles. The van der Waals surface area contributed by atoms with Gasteiger partial charge >= 0.3 is 0 Å². The summed E-state index contributed by atoms with van der Waals surface area (Å²) in [6.07, 6.45) is 5.65. The Morgan fingerprint density at radius 2 is 1.92 bits per heavy atom. The van der Waals surface area contributed by atoms with Crippen molar-refractivity contribution in [2.24, 2.45) is 0 Å². The van der Waals surface area contributed by atoms with Gasteiger partial charge < -0.3 is 14.2 Å². The Bertz CT molecular complexity index is 947. The van der Waals surface area contributed by atoms with Gasteiger partial charge in [-0.25, -0.2) is 15.0 Å². The Labute approximate surface area is 152 Å². The lowest BCUT2D eigenvalue weighted by molar-refractivity contribution is 0.109. The lowest BCUT2D eigenvalue weighted by Gasteiger charge is -2.28. The predicted octanol–water partition coefficient (Wildman–Crippen LogP) is 2.61. The maximum absolute atomic E-state index is 5.47. The zero-order valence-electron chi connectivity index (χ0n) is 14.9. The molecular weight excluding hydrogens is 326 g/mol. The molecule has 5 rings (SSSR count). The van der Waals surface area contributed by atoms with E-state index in [1.165, 1.54) is 16.9 Å². The van der Waals surface area contributed by atoms with Crippen molar-refractivity contribution in [3.8, 4) is 5.69 Å². The molecule has 2 aromatic heterocycles. The maximum Gasteiger partial charge on any atom is 0.225 e. The number of rotatable bonds is 2. The molecule has 0 bridgehead atoms. The normalized spacial score (nSPS) is 16.3. The van der Waals surface area contributed by atoms with Gasteiger partial charge in [0, 0.05) is 42.5 Å². The van der Waals surface area contributed by atoms with Crippen LogP contribution in [0.25, 0.3) is 5.69 Å². The van der Waals surface area contributed by atoms with E-state index in [0.717, 1.165) is 55.4 Å². The van der Waals surface area contributed by atoms with Crippen molar-refractivity contribution in [1.29, 1.82) is 0 Å². The molecule has 2 aliphatic heterocycles. The summed E-state index contributed by atoms with van der Waals surface area (Å²) in [6, 6.07) is 8.58. The average molecular weight is 347 g/mol. The Hall–Kier alpha value is -2.73. The molecule has 1 aromatic carbocycles. The molecular formula is C20H21N5O. The number of aryl methyl sites for hydroxylation is 1. The van der Waals surface area contributed by atoms with Crippen molar-refractivity contribution in [2.75, 3.05) is 18.1 Å². The van der Waals surface area contributed by atoms with Gasteiger partial charge in [0.15, 0.2) is 0 Å². The SMILES string of the molecule is Cc1ccc(-n2cnc3c2CCN(c2ncc4c(n2)CCOC4)C3)cc1. The Kier molecular flexibility index (Phi) is 3.71. The van der Waals surface area contributed by atoms with Gasteiger partial charge in [-0.05, 0) is 19.1 Å².